The highest BCUT2D eigenvalue weighted by molar-refractivity contribution is 5.77. The topological polar surface area (TPSA) is 85.4 Å². The maximum Gasteiger partial charge on any atom is 0.307 e. The average Bonchev–Trinajstić information content (AvgIpc) is 2.38. The highest BCUT2D eigenvalue weighted by Gasteiger charge is 2.10. The van der Waals surface area contributed by atoms with Crippen molar-refractivity contribution in [1.82, 2.24) is 4.98 Å². The molecule has 0 spiro atoms. The van der Waals surface area contributed by atoms with Gasteiger partial charge in [-0.05, 0) is 24.1 Å². The Kier molecular flexibility index (Phi) is 3.89. The Balaban J connectivity index is 2.48. The molecule has 0 saturated heterocycles. The molecular formula is C15H16N2O3. The molecule has 1 heterocycles. The number of carboxylic acids is 1. The Morgan fingerprint density at radius 1 is 1.40 bits per heavy atom. The van der Waals surface area contributed by atoms with Gasteiger partial charge < -0.3 is 15.6 Å². The van der Waals surface area contributed by atoms with E-state index in [9.17, 15) is 4.79 Å². The lowest BCUT2D eigenvalue weighted by Gasteiger charge is -2.11. The van der Waals surface area contributed by atoms with Crippen molar-refractivity contribution in [2.24, 2.45) is 0 Å². The number of anilines is 1. The van der Waals surface area contributed by atoms with Crippen molar-refractivity contribution in [2.45, 2.75) is 13.3 Å². The van der Waals surface area contributed by atoms with Crippen molar-refractivity contribution < 1.29 is 14.6 Å². The van der Waals surface area contributed by atoms with Crippen LogP contribution in [0.1, 0.15) is 11.3 Å². The van der Waals surface area contributed by atoms with Gasteiger partial charge in [0.2, 0.25) is 0 Å². The Hall–Kier alpha value is -2.56. The highest BCUT2D eigenvalue weighted by atomic mass is 16.5. The normalized spacial score (nSPS) is 10.3. The Morgan fingerprint density at radius 3 is 2.80 bits per heavy atom. The number of methoxy groups -OCH3 is 1. The zero-order valence-electron chi connectivity index (χ0n) is 11.4. The number of benzene rings is 1. The van der Waals surface area contributed by atoms with E-state index in [-0.39, 0.29) is 6.42 Å². The predicted molar refractivity (Wildman–Crippen MR) is 76.7 cm³/mol. The van der Waals surface area contributed by atoms with Crippen LogP contribution in [0.15, 0.2) is 30.3 Å². The van der Waals surface area contributed by atoms with Crippen molar-refractivity contribution in [3.05, 3.63) is 41.6 Å². The molecular weight excluding hydrogens is 256 g/mol. The Labute approximate surface area is 117 Å². The second kappa shape index (κ2) is 5.61. The van der Waals surface area contributed by atoms with Crippen molar-refractivity contribution >= 4 is 11.8 Å². The number of hydrogen-bond donors (Lipinski definition) is 2. The maximum absolute atomic E-state index is 10.8. The minimum Gasteiger partial charge on any atom is -0.495 e. The monoisotopic (exact) mass is 272 g/mol. The molecule has 104 valence electrons. The van der Waals surface area contributed by atoms with Crippen LogP contribution in [0.5, 0.6) is 5.75 Å². The van der Waals surface area contributed by atoms with Gasteiger partial charge in [0.05, 0.1) is 19.2 Å². The van der Waals surface area contributed by atoms with Crippen LogP contribution in [-0.4, -0.2) is 23.2 Å². The third-order valence-electron chi connectivity index (χ3n) is 3.01. The van der Waals surface area contributed by atoms with Gasteiger partial charge in [0.1, 0.15) is 11.6 Å². The van der Waals surface area contributed by atoms with Crippen LogP contribution < -0.4 is 10.5 Å². The van der Waals surface area contributed by atoms with E-state index in [2.05, 4.69) is 4.98 Å². The Morgan fingerprint density at radius 2 is 2.15 bits per heavy atom. The fraction of sp³-hybridized carbons (Fsp3) is 0.200. The first-order valence-electron chi connectivity index (χ1n) is 6.13. The molecule has 0 amide bonds. The van der Waals surface area contributed by atoms with E-state index < -0.39 is 5.97 Å². The molecule has 5 nitrogen and oxygen atoms in total. The number of aliphatic carboxylic acids is 1. The molecule has 0 unspecified atom stereocenters. The third kappa shape index (κ3) is 2.88. The van der Waals surface area contributed by atoms with Crippen LogP contribution in [-0.2, 0) is 11.2 Å². The smallest absolute Gasteiger partial charge is 0.307 e. The summed E-state index contributed by atoms with van der Waals surface area (Å²) in [5.74, 6) is 0.184. The molecule has 0 aliphatic carbocycles. The first-order valence-corrected chi connectivity index (χ1v) is 6.13. The summed E-state index contributed by atoms with van der Waals surface area (Å²) in [5, 5.41) is 8.84. The summed E-state index contributed by atoms with van der Waals surface area (Å²) in [4.78, 5) is 15.0. The van der Waals surface area contributed by atoms with Crippen LogP contribution in [0, 0.1) is 6.92 Å². The van der Waals surface area contributed by atoms with E-state index in [0.29, 0.717) is 17.1 Å². The number of ether oxygens (including phenoxy) is 1. The Bertz CT molecular complexity index is 654. The number of carbonyl (C=O) groups is 1. The first-order chi connectivity index (χ1) is 9.51. The minimum atomic E-state index is -0.866. The second-order valence-electron chi connectivity index (χ2n) is 4.48. The molecule has 1 aromatic carbocycles. The molecule has 0 radical (unpaired) electrons. The number of aryl methyl sites for hydroxylation is 1. The standard InChI is InChI=1S/C15H16N2O3/c1-9-13(20-2)8-12(15(16)17-9)11-5-3-4-10(6-11)7-14(18)19/h3-6,8H,7H2,1-2H3,(H2,16,17)(H,18,19). The molecule has 0 atom stereocenters. The second-order valence-corrected chi connectivity index (χ2v) is 4.48. The van der Waals surface area contributed by atoms with Gasteiger partial charge in [0.25, 0.3) is 0 Å². The van der Waals surface area contributed by atoms with Gasteiger partial charge in [-0.2, -0.15) is 0 Å². The summed E-state index contributed by atoms with van der Waals surface area (Å²) in [6.45, 7) is 1.82. The average molecular weight is 272 g/mol. The molecule has 5 heteroatoms. The van der Waals surface area contributed by atoms with E-state index >= 15 is 0 Å². The van der Waals surface area contributed by atoms with Gasteiger partial charge in [0.15, 0.2) is 0 Å². The lowest BCUT2D eigenvalue weighted by molar-refractivity contribution is -0.136. The number of pyridine rings is 1. The van der Waals surface area contributed by atoms with Crippen LogP contribution >= 0.6 is 0 Å². The maximum atomic E-state index is 10.8. The molecule has 2 aromatic rings. The van der Waals surface area contributed by atoms with Crippen molar-refractivity contribution in [3.8, 4) is 16.9 Å². The molecule has 1 aromatic heterocycles. The number of hydrogen-bond acceptors (Lipinski definition) is 4. The lowest BCUT2D eigenvalue weighted by Crippen LogP contribution is -2.01. The third-order valence-corrected chi connectivity index (χ3v) is 3.01. The number of nitrogens with two attached hydrogens (primary N) is 1. The van der Waals surface area contributed by atoms with Crippen LogP contribution in [0.3, 0.4) is 0 Å². The van der Waals surface area contributed by atoms with Crippen LogP contribution in [0.25, 0.3) is 11.1 Å². The van der Waals surface area contributed by atoms with Gasteiger partial charge in [-0.1, -0.05) is 24.3 Å². The molecule has 0 saturated carbocycles. The van der Waals surface area contributed by atoms with Crippen LogP contribution in [0.2, 0.25) is 0 Å². The molecule has 2 rings (SSSR count). The summed E-state index contributed by atoms with van der Waals surface area (Å²) in [6.07, 6.45) is -0.0236. The SMILES string of the molecule is COc1cc(-c2cccc(CC(=O)O)c2)c(N)nc1C. The van der Waals surface area contributed by atoms with Crippen molar-refractivity contribution in [2.75, 3.05) is 12.8 Å². The predicted octanol–water partition coefficient (Wildman–Crippen LogP) is 2.27. The quantitative estimate of drug-likeness (QED) is 0.891. The van der Waals surface area contributed by atoms with E-state index in [1.807, 2.05) is 19.1 Å². The lowest BCUT2D eigenvalue weighted by atomic mass is 10.0. The number of carboxylic acid groups (broad SMARTS) is 1. The van der Waals surface area contributed by atoms with E-state index in [4.69, 9.17) is 15.6 Å². The fourth-order valence-electron chi connectivity index (χ4n) is 2.07. The number of nitrogen functional groups attached to an aromatic ring is 1. The fourth-order valence-corrected chi connectivity index (χ4v) is 2.07. The summed E-state index contributed by atoms with van der Waals surface area (Å²) in [6, 6.07) is 9.06. The van der Waals surface area contributed by atoms with E-state index in [1.54, 1.807) is 25.3 Å². The summed E-state index contributed by atoms with van der Waals surface area (Å²) in [7, 11) is 1.57. The number of aromatic nitrogens is 1. The summed E-state index contributed by atoms with van der Waals surface area (Å²) >= 11 is 0. The van der Waals surface area contributed by atoms with Gasteiger partial charge in [-0.25, -0.2) is 4.98 Å². The van der Waals surface area contributed by atoms with Gasteiger partial charge >= 0.3 is 5.97 Å². The van der Waals surface area contributed by atoms with E-state index in [1.165, 1.54) is 0 Å². The number of nitrogens with zero attached hydrogens (tertiary/aromatic N) is 1. The van der Waals surface area contributed by atoms with E-state index in [0.717, 1.165) is 16.8 Å². The largest absolute Gasteiger partial charge is 0.495 e. The van der Waals surface area contributed by atoms with Gasteiger partial charge in [-0.3, -0.25) is 4.79 Å². The molecule has 3 N–H and O–H groups in total. The van der Waals surface area contributed by atoms with Crippen molar-refractivity contribution in [3.63, 3.8) is 0 Å². The summed E-state index contributed by atoms with van der Waals surface area (Å²) in [5.41, 5.74) is 8.94. The van der Waals surface area contributed by atoms with Gasteiger partial charge in [0, 0.05) is 5.56 Å². The van der Waals surface area contributed by atoms with Crippen LogP contribution in [0.4, 0.5) is 5.82 Å². The zero-order chi connectivity index (χ0) is 14.7. The number of rotatable bonds is 4. The zero-order valence-corrected chi connectivity index (χ0v) is 11.4. The highest BCUT2D eigenvalue weighted by Crippen LogP contribution is 2.30. The first kappa shape index (κ1) is 13.9. The molecule has 0 aliphatic heterocycles. The summed E-state index contributed by atoms with van der Waals surface area (Å²) < 4.78 is 5.24. The molecule has 20 heavy (non-hydrogen) atoms. The minimum absolute atomic E-state index is 0.0236. The van der Waals surface area contributed by atoms with Crippen molar-refractivity contribution in [1.29, 1.82) is 0 Å². The van der Waals surface area contributed by atoms with Gasteiger partial charge in [-0.15, -0.1) is 0 Å². The molecule has 0 aliphatic rings. The molecule has 0 fully saturated rings. The molecule has 0 bridgehead atoms.